The average molecular weight is 899 g/mol. The molecule has 344 valence electrons. The fraction of sp³-hybridized carbons (Fsp3) is 0.355. The van der Waals surface area contributed by atoms with Crippen molar-refractivity contribution in [2.75, 3.05) is 36.0 Å². The molecule has 0 aliphatic carbocycles. The van der Waals surface area contributed by atoms with E-state index in [1.165, 1.54) is 33.6 Å². The summed E-state index contributed by atoms with van der Waals surface area (Å²) >= 11 is 0. The summed E-state index contributed by atoms with van der Waals surface area (Å²) in [7, 11) is 0. The molecule has 0 bridgehead atoms. The topological polar surface area (TPSA) is 66.9 Å². The van der Waals surface area contributed by atoms with Crippen LogP contribution < -0.4 is 21.1 Å². The molecule has 4 aliphatic rings. The van der Waals surface area contributed by atoms with E-state index < -0.39 is 0 Å². The lowest BCUT2D eigenvalue weighted by molar-refractivity contribution is 0.398. The second-order valence-electron chi connectivity index (χ2n) is 23.3. The number of nitrogens with zero attached hydrogens (tertiary/aromatic N) is 2. The summed E-state index contributed by atoms with van der Waals surface area (Å²) in [6.45, 7) is 27.0. The van der Waals surface area contributed by atoms with E-state index >= 15 is 0 Å². The van der Waals surface area contributed by atoms with E-state index in [0.29, 0.717) is 11.1 Å². The van der Waals surface area contributed by atoms with Gasteiger partial charge in [-0.3, -0.25) is 0 Å². The largest absolute Gasteiger partial charge is 0.422 e. The first-order valence-electron chi connectivity index (χ1n) is 24.9. The molecule has 0 atom stereocenters. The van der Waals surface area contributed by atoms with Crippen molar-refractivity contribution in [1.29, 1.82) is 0 Å². The number of hydrogen-bond acceptors (Lipinski definition) is 6. The third-order valence-corrected chi connectivity index (χ3v) is 17.0. The van der Waals surface area contributed by atoms with Crippen LogP contribution in [0.1, 0.15) is 114 Å². The van der Waals surface area contributed by atoms with Crippen LogP contribution in [0.15, 0.2) is 115 Å². The van der Waals surface area contributed by atoms with E-state index in [9.17, 15) is 9.59 Å². The van der Waals surface area contributed by atoms with Crippen molar-refractivity contribution in [3.63, 3.8) is 0 Å². The van der Waals surface area contributed by atoms with Gasteiger partial charge < -0.3 is 18.6 Å². The molecule has 0 fully saturated rings. The third-order valence-electron chi connectivity index (χ3n) is 17.0. The fourth-order valence-electron chi connectivity index (χ4n) is 12.8. The molecule has 0 spiro atoms. The second-order valence-corrected chi connectivity index (χ2v) is 23.3. The molecule has 0 amide bonds. The summed E-state index contributed by atoms with van der Waals surface area (Å²) in [4.78, 5) is 33.5. The van der Waals surface area contributed by atoms with Gasteiger partial charge in [0, 0.05) is 59.5 Å². The van der Waals surface area contributed by atoms with E-state index in [1.807, 2.05) is 12.1 Å². The van der Waals surface area contributed by atoms with Gasteiger partial charge in [0.25, 0.3) is 0 Å². The highest BCUT2D eigenvalue weighted by Gasteiger charge is 2.44. The first kappa shape index (κ1) is 42.9. The average Bonchev–Trinajstić information content (AvgIpc) is 3.29. The van der Waals surface area contributed by atoms with Crippen molar-refractivity contribution in [3.05, 3.63) is 151 Å². The molecule has 2 aromatic heterocycles. The zero-order valence-corrected chi connectivity index (χ0v) is 41.4. The van der Waals surface area contributed by atoms with Crippen LogP contribution in [-0.4, -0.2) is 26.2 Å². The van der Waals surface area contributed by atoms with Gasteiger partial charge in [0.05, 0.1) is 11.1 Å². The molecule has 0 saturated carbocycles. The van der Waals surface area contributed by atoms with Crippen LogP contribution in [0, 0.1) is 13.8 Å². The van der Waals surface area contributed by atoms with Gasteiger partial charge in [0.15, 0.2) is 0 Å². The quantitative estimate of drug-likeness (QED) is 0.164. The Labute approximate surface area is 399 Å². The predicted octanol–water partition coefficient (Wildman–Crippen LogP) is 14.7. The zero-order valence-electron chi connectivity index (χ0n) is 41.4. The lowest BCUT2D eigenvalue weighted by Gasteiger charge is -2.48. The molecule has 0 radical (unpaired) electrons. The molecular formula is C62H62N2O4. The van der Waals surface area contributed by atoms with Crippen LogP contribution in [-0.2, 0) is 21.7 Å². The highest BCUT2D eigenvalue weighted by molar-refractivity contribution is 6.07. The highest BCUT2D eigenvalue weighted by atomic mass is 16.4. The van der Waals surface area contributed by atoms with Gasteiger partial charge in [-0.1, -0.05) is 116 Å². The summed E-state index contributed by atoms with van der Waals surface area (Å²) in [5, 5.41) is 4.23. The minimum atomic E-state index is -0.310. The number of aryl methyl sites for hydroxylation is 2. The van der Waals surface area contributed by atoms with Crippen molar-refractivity contribution >= 4 is 44.1 Å². The van der Waals surface area contributed by atoms with Crippen LogP contribution in [0.2, 0.25) is 0 Å². The van der Waals surface area contributed by atoms with Crippen LogP contribution in [0.25, 0.3) is 77.2 Å². The standard InChI is InChI=1S/C62H62N2O4/c1-35-17-19-44-43(49(35)39-15-11-13-37(29-39)45-31-41-33-47-53-51(55(41)67-57(45)65)61(7,8)23-27-63(53)25-21-59(47,3)4)20-18-36(2)50(44)40-16-12-14-38(30-40)46-32-42-34-48-54-52(56(42)68-58(46)66)62(9,10)24-28-64(54)26-22-60(48,5)6/h11-20,29-34H,21-28H2,1-10H3. The second kappa shape index (κ2) is 14.6. The van der Waals surface area contributed by atoms with E-state index in [-0.39, 0.29) is 32.9 Å². The van der Waals surface area contributed by atoms with Gasteiger partial charge in [-0.15, -0.1) is 0 Å². The Balaban J connectivity index is 0.967. The summed E-state index contributed by atoms with van der Waals surface area (Å²) in [5.41, 5.74) is 17.7. The lowest BCUT2D eigenvalue weighted by atomic mass is 9.69. The van der Waals surface area contributed by atoms with Crippen molar-refractivity contribution in [2.24, 2.45) is 0 Å². The molecule has 6 nitrogen and oxygen atoms in total. The molecule has 0 unspecified atom stereocenters. The van der Waals surface area contributed by atoms with Crippen LogP contribution in [0.5, 0.6) is 0 Å². The molecule has 12 rings (SSSR count). The Kier molecular flexibility index (Phi) is 9.19. The Bertz CT molecular complexity index is 3380. The summed E-state index contributed by atoms with van der Waals surface area (Å²) < 4.78 is 12.9. The van der Waals surface area contributed by atoms with Crippen molar-refractivity contribution in [3.8, 4) is 44.5 Å². The van der Waals surface area contributed by atoms with Gasteiger partial charge >= 0.3 is 11.3 Å². The van der Waals surface area contributed by atoms with Crippen LogP contribution in [0.4, 0.5) is 11.4 Å². The fourth-order valence-corrected chi connectivity index (χ4v) is 12.8. The van der Waals surface area contributed by atoms with Gasteiger partial charge in [-0.2, -0.15) is 0 Å². The van der Waals surface area contributed by atoms with Gasteiger partial charge in [-0.05, 0) is 164 Å². The van der Waals surface area contributed by atoms with Gasteiger partial charge in [-0.25, -0.2) is 9.59 Å². The molecule has 6 heterocycles. The van der Waals surface area contributed by atoms with E-state index in [4.69, 9.17) is 8.83 Å². The SMILES string of the molecule is Cc1ccc2c(-c3cccc(-c4cc5cc6c7c(c5oc4=O)C(C)(C)CCN7CCC6(C)C)c3)c(C)ccc2c1-c1cccc(-c2cc3cc4c5c(c3oc2=O)C(C)(C)CCN5CCC4(C)C)c1. The smallest absolute Gasteiger partial charge is 0.344 e. The molecule has 6 heteroatoms. The van der Waals surface area contributed by atoms with E-state index in [2.05, 4.69) is 164 Å². The molecule has 0 N–H and O–H groups in total. The van der Waals surface area contributed by atoms with Crippen LogP contribution >= 0.6 is 0 Å². The Morgan fingerprint density at radius 3 is 1.21 bits per heavy atom. The zero-order chi connectivity index (χ0) is 47.4. The predicted molar refractivity (Wildman–Crippen MR) is 282 cm³/mol. The number of hydrogen-bond donors (Lipinski definition) is 0. The third kappa shape index (κ3) is 6.34. The summed E-state index contributed by atoms with van der Waals surface area (Å²) in [6.07, 6.45) is 4.22. The minimum absolute atomic E-state index is 0.0152. The van der Waals surface area contributed by atoms with E-state index in [0.717, 1.165) is 129 Å². The molecular weight excluding hydrogens is 837 g/mol. The summed E-state index contributed by atoms with van der Waals surface area (Å²) in [6, 6.07) is 34.4. The first-order chi connectivity index (χ1) is 32.3. The van der Waals surface area contributed by atoms with Crippen molar-refractivity contribution < 1.29 is 8.83 Å². The maximum atomic E-state index is 14.2. The maximum Gasteiger partial charge on any atom is 0.344 e. The summed E-state index contributed by atoms with van der Waals surface area (Å²) in [5.74, 6) is 0. The highest BCUT2D eigenvalue weighted by Crippen LogP contribution is 2.54. The van der Waals surface area contributed by atoms with E-state index in [1.54, 1.807) is 0 Å². The normalized spacial score (nSPS) is 18.5. The lowest BCUT2D eigenvalue weighted by Crippen LogP contribution is -2.44. The maximum absolute atomic E-state index is 14.2. The van der Waals surface area contributed by atoms with Crippen molar-refractivity contribution in [2.45, 2.75) is 117 Å². The Hall–Kier alpha value is -6.40. The first-order valence-corrected chi connectivity index (χ1v) is 24.9. The number of rotatable bonds is 4. The van der Waals surface area contributed by atoms with Crippen molar-refractivity contribution in [1.82, 2.24) is 0 Å². The Morgan fingerprint density at radius 1 is 0.441 bits per heavy atom. The van der Waals surface area contributed by atoms with Gasteiger partial charge in [0.2, 0.25) is 0 Å². The Morgan fingerprint density at radius 2 is 0.809 bits per heavy atom. The molecule has 0 saturated heterocycles. The minimum Gasteiger partial charge on any atom is -0.422 e. The molecule has 68 heavy (non-hydrogen) atoms. The number of fused-ring (bicyclic) bond motifs is 5. The molecule has 8 aromatic rings. The monoisotopic (exact) mass is 898 g/mol. The molecule has 4 aliphatic heterocycles. The number of benzene rings is 6. The molecule has 6 aromatic carbocycles. The number of anilines is 2. The van der Waals surface area contributed by atoms with Crippen LogP contribution in [0.3, 0.4) is 0 Å². The van der Waals surface area contributed by atoms with Gasteiger partial charge in [0.1, 0.15) is 11.2 Å².